The van der Waals surface area contributed by atoms with Gasteiger partial charge in [0.05, 0.1) is 6.04 Å². The van der Waals surface area contributed by atoms with Crippen molar-refractivity contribution in [1.82, 2.24) is 10.6 Å². The lowest BCUT2D eigenvalue weighted by molar-refractivity contribution is -0.123. The number of nitrogens with two attached hydrogens (primary N) is 1. The largest absolute Gasteiger partial charge is 0.350 e. The molecule has 0 radical (unpaired) electrons. The molecule has 0 aliphatic carbocycles. The van der Waals surface area contributed by atoms with E-state index in [2.05, 4.69) is 17.6 Å². The summed E-state index contributed by atoms with van der Waals surface area (Å²) in [4.78, 5) is 11.3. The monoisotopic (exact) mass is 185 g/mol. The van der Waals surface area contributed by atoms with Crippen LogP contribution in [0.15, 0.2) is 0 Å². The highest BCUT2D eigenvalue weighted by Crippen LogP contribution is 2.10. The van der Waals surface area contributed by atoms with E-state index in [-0.39, 0.29) is 11.9 Å². The Morgan fingerprint density at radius 1 is 1.69 bits per heavy atom. The smallest absolute Gasteiger partial charge is 0.236 e. The lowest BCUT2D eigenvalue weighted by Crippen LogP contribution is -2.53. The molecule has 0 aromatic carbocycles. The van der Waals surface area contributed by atoms with Crippen LogP contribution in [0.5, 0.6) is 0 Å². The summed E-state index contributed by atoms with van der Waals surface area (Å²) < 4.78 is 0. The molecule has 3 atom stereocenters. The Hall–Kier alpha value is -0.610. The summed E-state index contributed by atoms with van der Waals surface area (Å²) in [6.07, 6.45) is 1.11. The van der Waals surface area contributed by atoms with Crippen LogP contribution in [0.3, 0.4) is 0 Å². The van der Waals surface area contributed by atoms with Gasteiger partial charge in [-0.05, 0) is 25.8 Å². The van der Waals surface area contributed by atoms with E-state index in [4.69, 9.17) is 5.73 Å². The summed E-state index contributed by atoms with van der Waals surface area (Å²) in [5.41, 5.74) is 5.47. The Morgan fingerprint density at radius 3 is 2.92 bits per heavy atom. The van der Waals surface area contributed by atoms with Crippen molar-refractivity contribution >= 4 is 5.91 Å². The summed E-state index contributed by atoms with van der Waals surface area (Å²) in [5.74, 6) is 0.490. The topological polar surface area (TPSA) is 67.1 Å². The molecule has 1 aliphatic heterocycles. The van der Waals surface area contributed by atoms with Gasteiger partial charge >= 0.3 is 0 Å². The molecule has 76 valence electrons. The van der Waals surface area contributed by atoms with Crippen molar-refractivity contribution < 1.29 is 4.79 Å². The van der Waals surface area contributed by atoms with Crippen LogP contribution in [-0.2, 0) is 4.79 Å². The summed E-state index contributed by atoms with van der Waals surface area (Å²) in [5, 5.41) is 6.20. The third-order valence-electron chi connectivity index (χ3n) is 2.57. The van der Waals surface area contributed by atoms with Crippen LogP contribution in [0.4, 0.5) is 0 Å². The van der Waals surface area contributed by atoms with Gasteiger partial charge in [0.2, 0.25) is 5.91 Å². The van der Waals surface area contributed by atoms with Gasteiger partial charge < -0.3 is 16.4 Å². The van der Waals surface area contributed by atoms with Gasteiger partial charge in [-0.2, -0.15) is 0 Å². The molecular weight excluding hydrogens is 166 g/mol. The SMILES string of the molecule is CC1CCNCC1NC(=O)[C@H](C)N. The van der Waals surface area contributed by atoms with Crippen LogP contribution in [0, 0.1) is 5.92 Å². The number of amides is 1. The molecular formula is C9H19N3O. The number of piperidine rings is 1. The Balaban J connectivity index is 2.38. The molecule has 0 bridgehead atoms. The summed E-state index contributed by atoms with van der Waals surface area (Å²) >= 11 is 0. The maximum absolute atomic E-state index is 11.3. The van der Waals surface area contributed by atoms with Crippen LogP contribution >= 0.6 is 0 Å². The summed E-state index contributed by atoms with van der Waals surface area (Å²) in [6.45, 7) is 5.77. The molecule has 0 aromatic heterocycles. The van der Waals surface area contributed by atoms with E-state index in [9.17, 15) is 4.79 Å². The standard InChI is InChI=1S/C9H19N3O/c1-6-3-4-11-5-8(6)12-9(13)7(2)10/h6-8,11H,3-5,10H2,1-2H3,(H,12,13)/t6?,7-,8?/m0/s1. The average Bonchev–Trinajstić information content (AvgIpc) is 2.08. The number of hydrogen-bond acceptors (Lipinski definition) is 3. The third kappa shape index (κ3) is 2.97. The molecule has 1 heterocycles. The zero-order valence-corrected chi connectivity index (χ0v) is 8.34. The minimum atomic E-state index is -0.408. The molecule has 1 amide bonds. The molecule has 4 N–H and O–H groups in total. The van der Waals surface area contributed by atoms with Gasteiger partial charge in [0.1, 0.15) is 0 Å². The minimum Gasteiger partial charge on any atom is -0.350 e. The van der Waals surface area contributed by atoms with Gasteiger partial charge in [0.15, 0.2) is 0 Å². The molecule has 1 fully saturated rings. The van der Waals surface area contributed by atoms with E-state index in [1.54, 1.807) is 6.92 Å². The normalized spacial score (nSPS) is 31.0. The van der Waals surface area contributed by atoms with Crippen LogP contribution in [0.1, 0.15) is 20.3 Å². The first-order valence-corrected chi connectivity index (χ1v) is 4.88. The first kappa shape index (κ1) is 10.5. The van der Waals surface area contributed by atoms with Gasteiger partial charge in [-0.25, -0.2) is 0 Å². The predicted octanol–water partition coefficient (Wildman–Crippen LogP) is -0.552. The number of carbonyl (C=O) groups is 1. The third-order valence-corrected chi connectivity index (χ3v) is 2.57. The zero-order valence-electron chi connectivity index (χ0n) is 8.34. The molecule has 0 saturated carbocycles. The van der Waals surface area contributed by atoms with E-state index in [1.165, 1.54) is 0 Å². The molecule has 4 nitrogen and oxygen atoms in total. The van der Waals surface area contributed by atoms with E-state index >= 15 is 0 Å². The maximum atomic E-state index is 11.3. The second-order valence-electron chi connectivity index (χ2n) is 3.87. The van der Waals surface area contributed by atoms with Crippen LogP contribution in [0.25, 0.3) is 0 Å². The highest BCUT2D eigenvalue weighted by Gasteiger charge is 2.23. The van der Waals surface area contributed by atoms with Crippen LogP contribution < -0.4 is 16.4 Å². The van der Waals surface area contributed by atoms with Crippen molar-refractivity contribution in [3.05, 3.63) is 0 Å². The quantitative estimate of drug-likeness (QED) is 0.540. The van der Waals surface area contributed by atoms with Gasteiger partial charge in [-0.1, -0.05) is 6.92 Å². The molecule has 0 spiro atoms. The van der Waals surface area contributed by atoms with Crippen molar-refractivity contribution in [2.75, 3.05) is 13.1 Å². The Bertz CT molecular complexity index is 182. The van der Waals surface area contributed by atoms with Gasteiger partial charge in [0.25, 0.3) is 0 Å². The van der Waals surface area contributed by atoms with E-state index < -0.39 is 6.04 Å². The highest BCUT2D eigenvalue weighted by molar-refractivity contribution is 5.81. The van der Waals surface area contributed by atoms with Crippen molar-refractivity contribution in [3.63, 3.8) is 0 Å². The fourth-order valence-corrected chi connectivity index (χ4v) is 1.50. The summed E-state index contributed by atoms with van der Waals surface area (Å²) in [6, 6.07) is -0.165. The number of nitrogens with one attached hydrogen (secondary N) is 2. The number of hydrogen-bond donors (Lipinski definition) is 3. The lowest BCUT2D eigenvalue weighted by atomic mass is 9.94. The van der Waals surface area contributed by atoms with E-state index in [0.29, 0.717) is 5.92 Å². The average molecular weight is 185 g/mol. The second-order valence-corrected chi connectivity index (χ2v) is 3.87. The molecule has 1 aliphatic rings. The van der Waals surface area contributed by atoms with Crippen molar-refractivity contribution in [3.8, 4) is 0 Å². The van der Waals surface area contributed by atoms with Crippen LogP contribution in [0.2, 0.25) is 0 Å². The maximum Gasteiger partial charge on any atom is 0.236 e. The van der Waals surface area contributed by atoms with Gasteiger partial charge in [-0.15, -0.1) is 0 Å². The Morgan fingerprint density at radius 2 is 2.38 bits per heavy atom. The second kappa shape index (κ2) is 4.58. The molecule has 1 rings (SSSR count). The fraction of sp³-hybridized carbons (Fsp3) is 0.889. The molecule has 2 unspecified atom stereocenters. The first-order valence-electron chi connectivity index (χ1n) is 4.88. The summed E-state index contributed by atoms with van der Waals surface area (Å²) in [7, 11) is 0. The van der Waals surface area contributed by atoms with Crippen molar-refractivity contribution in [2.45, 2.75) is 32.4 Å². The Labute approximate surface area is 79.3 Å². The number of rotatable bonds is 2. The molecule has 13 heavy (non-hydrogen) atoms. The first-order chi connectivity index (χ1) is 6.11. The lowest BCUT2D eigenvalue weighted by Gasteiger charge is -2.30. The van der Waals surface area contributed by atoms with Crippen LogP contribution in [-0.4, -0.2) is 31.1 Å². The fourth-order valence-electron chi connectivity index (χ4n) is 1.50. The van der Waals surface area contributed by atoms with Crippen molar-refractivity contribution in [1.29, 1.82) is 0 Å². The highest BCUT2D eigenvalue weighted by atomic mass is 16.2. The van der Waals surface area contributed by atoms with Gasteiger partial charge in [-0.3, -0.25) is 4.79 Å². The molecule has 1 saturated heterocycles. The van der Waals surface area contributed by atoms with E-state index in [1.807, 2.05) is 0 Å². The molecule has 4 heteroatoms. The minimum absolute atomic E-state index is 0.0550. The predicted molar refractivity (Wildman–Crippen MR) is 52.2 cm³/mol. The van der Waals surface area contributed by atoms with E-state index in [0.717, 1.165) is 19.5 Å². The molecule has 0 aromatic rings. The van der Waals surface area contributed by atoms with Gasteiger partial charge in [0, 0.05) is 12.6 Å². The Kier molecular flexibility index (Phi) is 3.69. The zero-order chi connectivity index (χ0) is 9.84. The number of carbonyl (C=O) groups excluding carboxylic acids is 1. The van der Waals surface area contributed by atoms with Crippen molar-refractivity contribution in [2.24, 2.45) is 11.7 Å².